The van der Waals surface area contributed by atoms with Crippen LogP contribution in [0.5, 0.6) is 5.75 Å². The van der Waals surface area contributed by atoms with Crippen LogP contribution in [0.25, 0.3) is 21.8 Å². The van der Waals surface area contributed by atoms with Gasteiger partial charge < -0.3 is 104 Å². The van der Waals surface area contributed by atoms with E-state index >= 15 is 14.4 Å². The molecule has 0 radical (unpaired) electrons. The number of hydrogen-bond donors (Lipinski definition) is 19. The number of aliphatic carboxylic acids is 3. The molecule has 0 unspecified atom stereocenters. The Morgan fingerprint density at radius 3 is 1.59 bits per heavy atom. The van der Waals surface area contributed by atoms with Gasteiger partial charge in [0.2, 0.25) is 76.8 Å². The highest BCUT2D eigenvalue weighted by Crippen LogP contribution is 2.27. The summed E-state index contributed by atoms with van der Waals surface area (Å²) in [6.07, 6.45) is -1.86. The summed E-state index contributed by atoms with van der Waals surface area (Å²) in [7, 11) is 1.49. The van der Waals surface area contributed by atoms with E-state index in [-0.39, 0.29) is 43.9 Å². The first kappa shape index (κ1) is 93.6. The molecule has 3 aromatic carbocycles. The summed E-state index contributed by atoms with van der Waals surface area (Å²) in [6.45, 7) is 17.9. The molecule has 0 bridgehead atoms. The minimum atomic E-state index is -1.98. The fourth-order valence-electron chi connectivity index (χ4n) is 12.4. The Morgan fingerprint density at radius 2 is 1.06 bits per heavy atom. The van der Waals surface area contributed by atoms with E-state index in [9.17, 15) is 82.8 Å². The number of para-hydroxylation sites is 2. The summed E-state index contributed by atoms with van der Waals surface area (Å²) >= 11 is 0. The van der Waals surface area contributed by atoms with Gasteiger partial charge in [-0.2, -0.15) is 0 Å². The van der Waals surface area contributed by atoms with Gasteiger partial charge in [-0.05, 0) is 113 Å². The van der Waals surface area contributed by atoms with Crippen LogP contribution in [0.4, 0.5) is 0 Å². The van der Waals surface area contributed by atoms with Gasteiger partial charge in [-0.15, -0.1) is 0 Å². The second kappa shape index (κ2) is 44.0. The molecule has 0 spiro atoms. The number of fused-ring (bicyclic) bond motifs is 2. The molecule has 116 heavy (non-hydrogen) atoms. The van der Waals surface area contributed by atoms with Crippen molar-refractivity contribution < 1.29 is 102 Å². The predicted octanol–water partition coefficient (Wildman–Crippen LogP) is 0.776. The van der Waals surface area contributed by atoms with E-state index in [2.05, 4.69) is 79.1 Å². The van der Waals surface area contributed by atoms with Crippen molar-refractivity contribution in [3.05, 3.63) is 102 Å². The fraction of sp³-hybridized carbons (Fsp3) is 0.513. The molecule has 36 nitrogen and oxygen atoms in total. The zero-order chi connectivity index (χ0) is 86.0. The number of carboxylic acid groups (broad SMARTS) is 3. The number of aromatic nitrogens is 2. The van der Waals surface area contributed by atoms with Gasteiger partial charge in [0.05, 0.1) is 19.1 Å². The lowest BCUT2D eigenvalue weighted by Gasteiger charge is -2.29. The third-order valence-corrected chi connectivity index (χ3v) is 20.6. The largest absolute Gasteiger partial charge is 0.488 e. The SMILES string of the molecule is CC(=O)N[C@@H](CC(=O)O)C(=O)N[C@H]1CSSC[C@@H](C(=O)N[C@H](C(=O)O)[C@@H](C)O)NC(=O)[C@H](Cc2c[nH]c3ccccc23)NC(=O)[C@H](C(C)C)NC(=O)[C@H](CC(C)C)NC(=O)[C@H](CCC(=O)O)NC(=O)CNC(=O)[C@H](CC(C)C)NC(=O)[C@H](Cc2cccc(OC(C)(C)C)c2)NC(=O)[C@H](Cc2c[nH]c3ccccc23)NC(=O)[C@H](C)NC1=O. The lowest BCUT2D eigenvalue weighted by molar-refractivity contribution is -0.145. The lowest BCUT2D eigenvalue weighted by atomic mass is 9.98. The van der Waals surface area contributed by atoms with Crippen LogP contribution in [0, 0.1) is 17.8 Å². The Hall–Kier alpha value is -11.3. The summed E-state index contributed by atoms with van der Waals surface area (Å²) < 4.78 is 6.14. The first-order valence-electron chi connectivity index (χ1n) is 37.9. The summed E-state index contributed by atoms with van der Waals surface area (Å²) in [6, 6.07) is 0.503. The second-order valence-electron chi connectivity index (χ2n) is 30.6. The number of H-pyrrole nitrogens is 2. The quantitative estimate of drug-likeness (QED) is 0.0380. The molecule has 19 N–H and O–H groups in total. The van der Waals surface area contributed by atoms with Gasteiger partial charge in [-0.25, -0.2) is 4.79 Å². The topological polar surface area (TPSA) is 551 Å². The molecule has 5 aromatic rings. The predicted molar refractivity (Wildman–Crippen MR) is 429 cm³/mol. The molecular weight excluding hydrogens is 1550 g/mol. The minimum Gasteiger partial charge on any atom is -0.488 e. The van der Waals surface area contributed by atoms with Crippen molar-refractivity contribution in [3.8, 4) is 5.75 Å². The maximum absolute atomic E-state index is 15.3. The van der Waals surface area contributed by atoms with Gasteiger partial charge in [0.25, 0.3) is 0 Å². The molecule has 2 aromatic heterocycles. The van der Waals surface area contributed by atoms with E-state index in [0.29, 0.717) is 44.2 Å². The molecule has 3 heterocycles. The summed E-state index contributed by atoms with van der Waals surface area (Å²) in [5.74, 6) is -20.1. The number of aromatic amines is 2. The van der Waals surface area contributed by atoms with E-state index < -0.39 is 222 Å². The lowest BCUT2D eigenvalue weighted by Crippen LogP contribution is -2.61. The number of amides is 13. The van der Waals surface area contributed by atoms with Gasteiger partial charge >= 0.3 is 17.9 Å². The van der Waals surface area contributed by atoms with Crippen LogP contribution in [0.1, 0.15) is 132 Å². The van der Waals surface area contributed by atoms with Crippen LogP contribution in [0.2, 0.25) is 0 Å². The second-order valence-corrected chi connectivity index (χ2v) is 33.1. The summed E-state index contributed by atoms with van der Waals surface area (Å²) in [5, 5.41) is 74.4. The molecule has 38 heteroatoms. The number of rotatable bonds is 24. The van der Waals surface area contributed by atoms with Crippen LogP contribution < -0.4 is 73.9 Å². The molecule has 0 saturated carbocycles. The molecule has 632 valence electrons. The van der Waals surface area contributed by atoms with Gasteiger partial charge in [-0.3, -0.25) is 71.9 Å². The molecular formula is C78H107N15O21S2. The van der Waals surface area contributed by atoms with Gasteiger partial charge in [0, 0.05) is 78.3 Å². The zero-order valence-corrected chi connectivity index (χ0v) is 68.3. The van der Waals surface area contributed by atoms with Gasteiger partial charge in [-0.1, -0.05) is 112 Å². The average molecular weight is 1650 g/mol. The first-order valence-corrected chi connectivity index (χ1v) is 40.4. The van der Waals surface area contributed by atoms with Crippen LogP contribution in [0.15, 0.2) is 85.2 Å². The van der Waals surface area contributed by atoms with Crippen LogP contribution >= 0.6 is 21.6 Å². The van der Waals surface area contributed by atoms with E-state index in [1.54, 1.807) is 127 Å². The highest BCUT2D eigenvalue weighted by molar-refractivity contribution is 8.76. The van der Waals surface area contributed by atoms with Crippen LogP contribution in [0.3, 0.4) is 0 Å². The van der Waals surface area contributed by atoms with Gasteiger partial charge in [0.15, 0.2) is 6.04 Å². The third kappa shape index (κ3) is 29.8. The molecule has 1 aliphatic rings. The Morgan fingerprint density at radius 1 is 0.552 bits per heavy atom. The molecule has 1 saturated heterocycles. The Labute approximate surface area is 677 Å². The van der Waals surface area contributed by atoms with Crippen molar-refractivity contribution in [1.29, 1.82) is 0 Å². The number of carbonyl (C=O) groups excluding carboxylic acids is 13. The highest BCUT2D eigenvalue weighted by Gasteiger charge is 2.39. The van der Waals surface area contributed by atoms with Crippen molar-refractivity contribution in [3.63, 3.8) is 0 Å². The van der Waals surface area contributed by atoms with Crippen molar-refractivity contribution in [2.45, 2.75) is 219 Å². The molecule has 0 aliphatic carbocycles. The molecule has 6 rings (SSSR count). The minimum absolute atomic E-state index is 0.0671. The van der Waals surface area contributed by atoms with Crippen molar-refractivity contribution in [2.24, 2.45) is 17.8 Å². The molecule has 1 aliphatic heterocycles. The van der Waals surface area contributed by atoms with Crippen molar-refractivity contribution in [2.75, 3.05) is 18.1 Å². The smallest absolute Gasteiger partial charge is 0.328 e. The summed E-state index contributed by atoms with van der Waals surface area (Å²) in [4.78, 5) is 231. The Kier molecular flexibility index (Phi) is 35.5. The molecule has 13 atom stereocenters. The average Bonchev–Trinajstić information content (AvgIpc) is 1.65. The number of benzene rings is 3. The van der Waals surface area contributed by atoms with Crippen molar-refractivity contribution in [1.82, 2.24) is 79.1 Å². The molecule has 13 amide bonds. The normalized spacial score (nSPS) is 22.4. The van der Waals surface area contributed by atoms with Crippen LogP contribution in [-0.2, 0) is 96.0 Å². The number of aliphatic hydroxyl groups excluding tert-OH is 1. The van der Waals surface area contributed by atoms with E-state index in [1.807, 2.05) is 20.8 Å². The Bertz CT molecular complexity index is 4350. The number of aliphatic hydroxyl groups is 1. The van der Waals surface area contributed by atoms with E-state index in [0.717, 1.165) is 35.4 Å². The van der Waals surface area contributed by atoms with Gasteiger partial charge in [0.1, 0.15) is 77.8 Å². The van der Waals surface area contributed by atoms with E-state index in [1.165, 1.54) is 6.92 Å². The molecule has 1 fully saturated rings. The number of carbonyl (C=O) groups is 16. The first-order chi connectivity index (χ1) is 54.6. The fourth-order valence-corrected chi connectivity index (χ4v) is 14.8. The number of hydrogen-bond acceptors (Lipinski definition) is 20. The number of nitrogens with one attached hydrogen (secondary N) is 15. The standard InChI is InChI=1S/C78H107N15O21S2/c1-38(2)26-53-67(102)81-35-61(96)84-52(24-25-62(97)98)68(103)87-54(27-39(3)4)73(108)92-64(40(5)6)76(111)89-57(31-46-34-80-51-23-16-14-21-49(46)51)71(106)91-60(75(110)93-65(42(8)94)77(112)113)37-116-115-36-59(90-72(107)58(32-63(99)100)83-43(9)95)74(109)82-41(7)66(101)85-56(30-45-33-79-50-22-15-13-20-48(45)50)70(105)88-55(69(104)86-53)29-44-18-17-19-47(28-44)114-78(10,11)12/h13-23,28,33-34,38-42,52-60,64-65,79-80,94H,24-27,29-32,35-37H2,1-12H3,(H,81,102)(H,82,109)(H,83,95)(H,84,96)(H,85,101)(H,86,104)(H,87,103)(H,88,105)(H,89,111)(H,90,107)(H,91,106)(H,92,108)(H,93,110)(H,97,98)(H,99,100)(H,112,113)/t41-,42+,52-,53-,54-,55-,56-,57-,58-,59-,60-,64-,65-/m0/s1. The number of carboxylic acids is 3. The van der Waals surface area contributed by atoms with E-state index in [4.69, 9.17) is 4.74 Å². The van der Waals surface area contributed by atoms with Crippen LogP contribution in [-0.4, -0.2) is 227 Å². The number of ether oxygens (including phenoxy) is 1. The maximum atomic E-state index is 15.3. The summed E-state index contributed by atoms with van der Waals surface area (Å²) in [5.41, 5.74) is 1.91. The monoisotopic (exact) mass is 1650 g/mol. The van der Waals surface area contributed by atoms with Crippen molar-refractivity contribution >= 4 is 138 Å². The highest BCUT2D eigenvalue weighted by atomic mass is 33.1. The third-order valence-electron chi connectivity index (χ3n) is 18.2. The zero-order valence-electron chi connectivity index (χ0n) is 66.6. The maximum Gasteiger partial charge on any atom is 0.328 e. The Balaban J connectivity index is 1.49.